The van der Waals surface area contributed by atoms with Gasteiger partial charge in [0.05, 0.1) is 19.0 Å². The molecule has 1 aliphatic rings. The Hall–Kier alpha value is -1.56. The second-order valence-electron chi connectivity index (χ2n) is 4.59. The largest absolute Gasteiger partial charge is 0.468 e. The number of halogens is 1. The van der Waals surface area contributed by atoms with Gasteiger partial charge in [0.2, 0.25) is 0 Å². The molecule has 1 N–H and O–H groups in total. The van der Waals surface area contributed by atoms with Crippen LogP contribution < -0.4 is 10.9 Å². The molecule has 0 aromatic carbocycles. The van der Waals surface area contributed by atoms with Gasteiger partial charge in [0, 0.05) is 6.54 Å². The molecule has 2 rings (SSSR count). The minimum atomic E-state index is -0.541. The molecule has 0 bridgehead atoms. The van der Waals surface area contributed by atoms with E-state index in [2.05, 4.69) is 15.2 Å². The third-order valence-corrected chi connectivity index (χ3v) is 3.66. The molecule has 6 nitrogen and oxygen atoms in total. The summed E-state index contributed by atoms with van der Waals surface area (Å²) >= 11 is 5.98. The van der Waals surface area contributed by atoms with E-state index in [1.807, 2.05) is 0 Å². The van der Waals surface area contributed by atoms with Crippen LogP contribution in [-0.4, -0.2) is 29.4 Å². The third kappa shape index (κ3) is 3.26. The molecule has 1 heterocycles. The van der Waals surface area contributed by atoms with Crippen molar-refractivity contribution in [3.05, 3.63) is 21.6 Å². The Morgan fingerprint density at radius 1 is 1.63 bits per heavy atom. The molecule has 19 heavy (non-hydrogen) atoms. The number of nitrogens with one attached hydrogen (secondary N) is 1. The number of rotatable bonds is 5. The first-order valence-electron chi connectivity index (χ1n) is 6.18. The summed E-state index contributed by atoms with van der Waals surface area (Å²) in [7, 11) is 1.25. The van der Waals surface area contributed by atoms with Crippen LogP contribution in [0.3, 0.4) is 0 Å². The molecule has 1 aromatic heterocycles. The van der Waals surface area contributed by atoms with E-state index in [-0.39, 0.29) is 11.6 Å². The maximum atomic E-state index is 11.9. The van der Waals surface area contributed by atoms with Crippen LogP contribution in [-0.2, 0) is 16.1 Å². The Bertz CT molecular complexity index is 525. The predicted molar refractivity (Wildman–Crippen MR) is 71.4 cm³/mol. The van der Waals surface area contributed by atoms with E-state index in [0.717, 1.165) is 11.2 Å². The van der Waals surface area contributed by atoms with Crippen LogP contribution in [0.2, 0.25) is 5.02 Å². The highest BCUT2D eigenvalue weighted by Crippen LogP contribution is 2.27. The zero-order valence-corrected chi connectivity index (χ0v) is 11.4. The normalized spacial score (nSPS) is 14.8. The Morgan fingerprint density at radius 2 is 2.37 bits per heavy atom. The molecule has 0 unspecified atom stereocenters. The minimum Gasteiger partial charge on any atom is -0.468 e. The van der Waals surface area contributed by atoms with Gasteiger partial charge in [-0.05, 0) is 18.8 Å². The molecular weight excluding hydrogens is 270 g/mol. The molecule has 7 heteroatoms. The minimum absolute atomic E-state index is 0.0539. The summed E-state index contributed by atoms with van der Waals surface area (Å²) in [5, 5.41) is 7.09. The fraction of sp³-hybridized carbons (Fsp3) is 0.583. The second kappa shape index (κ2) is 6.06. The van der Waals surface area contributed by atoms with E-state index in [9.17, 15) is 9.59 Å². The Balaban J connectivity index is 2.07. The number of ether oxygens (including phenoxy) is 1. The average Bonchev–Trinajstić information content (AvgIpc) is 2.35. The van der Waals surface area contributed by atoms with Crippen molar-refractivity contribution < 1.29 is 9.53 Å². The molecule has 0 radical (unpaired) electrons. The first kappa shape index (κ1) is 13.9. The van der Waals surface area contributed by atoms with Crippen molar-refractivity contribution in [3.8, 4) is 0 Å². The van der Waals surface area contributed by atoms with Crippen LogP contribution in [0.1, 0.15) is 19.3 Å². The van der Waals surface area contributed by atoms with Crippen molar-refractivity contribution in [2.45, 2.75) is 25.8 Å². The lowest BCUT2D eigenvalue weighted by molar-refractivity contribution is -0.141. The van der Waals surface area contributed by atoms with Crippen molar-refractivity contribution in [1.29, 1.82) is 0 Å². The molecular formula is C12H16ClN3O3. The van der Waals surface area contributed by atoms with Gasteiger partial charge in [0.1, 0.15) is 11.6 Å². The number of carbonyl (C=O) groups is 1. The van der Waals surface area contributed by atoms with Crippen molar-refractivity contribution in [2.24, 2.45) is 5.92 Å². The van der Waals surface area contributed by atoms with Crippen LogP contribution in [0.5, 0.6) is 0 Å². The summed E-state index contributed by atoms with van der Waals surface area (Å²) in [5.74, 6) is 0.106. The van der Waals surface area contributed by atoms with Crippen LogP contribution in [0, 0.1) is 5.92 Å². The lowest BCUT2D eigenvalue weighted by atomic mass is 9.85. The molecule has 1 fully saturated rings. The highest BCUT2D eigenvalue weighted by Gasteiger charge is 2.18. The van der Waals surface area contributed by atoms with Gasteiger partial charge in [-0.25, -0.2) is 4.68 Å². The van der Waals surface area contributed by atoms with Gasteiger partial charge < -0.3 is 10.1 Å². The summed E-state index contributed by atoms with van der Waals surface area (Å²) in [6.45, 7) is 0.555. The number of esters is 1. The standard InChI is InChI=1S/C12H16ClN3O3/c1-19-10(17)7-16-12(18)11(13)9(6-15-16)14-5-8-3-2-4-8/h6,8,14H,2-5,7H2,1H3. The van der Waals surface area contributed by atoms with Crippen LogP contribution >= 0.6 is 11.6 Å². The molecule has 1 saturated carbocycles. The SMILES string of the molecule is COC(=O)Cn1ncc(NCC2CCC2)c(Cl)c1=O. The molecule has 104 valence electrons. The fourth-order valence-corrected chi connectivity index (χ4v) is 2.05. The Labute approximate surface area is 115 Å². The monoisotopic (exact) mass is 285 g/mol. The summed E-state index contributed by atoms with van der Waals surface area (Å²) in [6.07, 6.45) is 5.14. The van der Waals surface area contributed by atoms with Crippen molar-refractivity contribution in [3.63, 3.8) is 0 Å². The smallest absolute Gasteiger partial charge is 0.327 e. The number of nitrogens with zero attached hydrogens (tertiary/aromatic N) is 2. The van der Waals surface area contributed by atoms with E-state index in [1.165, 1.54) is 32.6 Å². The molecule has 1 aromatic rings. The topological polar surface area (TPSA) is 73.2 Å². The number of hydrogen-bond acceptors (Lipinski definition) is 5. The van der Waals surface area contributed by atoms with Gasteiger partial charge in [0.15, 0.2) is 0 Å². The van der Waals surface area contributed by atoms with Gasteiger partial charge in [-0.3, -0.25) is 9.59 Å². The van der Waals surface area contributed by atoms with Gasteiger partial charge in [0.25, 0.3) is 5.56 Å². The number of methoxy groups -OCH3 is 1. The Morgan fingerprint density at radius 3 is 2.95 bits per heavy atom. The van der Waals surface area contributed by atoms with Gasteiger partial charge in [-0.2, -0.15) is 5.10 Å². The first-order valence-corrected chi connectivity index (χ1v) is 6.56. The zero-order valence-electron chi connectivity index (χ0n) is 10.7. The summed E-state index contributed by atoms with van der Waals surface area (Å²) in [4.78, 5) is 23.0. The zero-order chi connectivity index (χ0) is 13.8. The average molecular weight is 286 g/mol. The number of anilines is 1. The lowest BCUT2D eigenvalue weighted by Gasteiger charge is -2.25. The predicted octanol–water partition coefficient (Wildman–Crippen LogP) is 1.28. The van der Waals surface area contributed by atoms with Crippen molar-refractivity contribution in [2.75, 3.05) is 19.0 Å². The number of aromatic nitrogens is 2. The van der Waals surface area contributed by atoms with Crippen LogP contribution in [0.25, 0.3) is 0 Å². The maximum absolute atomic E-state index is 11.9. The molecule has 0 atom stereocenters. The third-order valence-electron chi connectivity index (χ3n) is 3.30. The van der Waals surface area contributed by atoms with Crippen LogP contribution in [0.15, 0.2) is 11.0 Å². The molecule has 0 amide bonds. The van der Waals surface area contributed by atoms with E-state index in [1.54, 1.807) is 0 Å². The summed E-state index contributed by atoms with van der Waals surface area (Å²) in [6, 6.07) is 0. The molecule has 0 spiro atoms. The summed E-state index contributed by atoms with van der Waals surface area (Å²) in [5.41, 5.74) is 0.0189. The van der Waals surface area contributed by atoms with Crippen molar-refractivity contribution in [1.82, 2.24) is 9.78 Å². The van der Waals surface area contributed by atoms with E-state index in [4.69, 9.17) is 11.6 Å². The molecule has 0 saturated heterocycles. The number of hydrogen-bond donors (Lipinski definition) is 1. The lowest BCUT2D eigenvalue weighted by Crippen LogP contribution is -2.29. The van der Waals surface area contributed by atoms with E-state index < -0.39 is 11.5 Å². The quantitative estimate of drug-likeness (QED) is 0.825. The van der Waals surface area contributed by atoms with E-state index in [0.29, 0.717) is 11.6 Å². The van der Waals surface area contributed by atoms with Crippen LogP contribution in [0.4, 0.5) is 5.69 Å². The van der Waals surface area contributed by atoms with Gasteiger partial charge >= 0.3 is 5.97 Å². The van der Waals surface area contributed by atoms with E-state index >= 15 is 0 Å². The highest BCUT2D eigenvalue weighted by atomic mass is 35.5. The van der Waals surface area contributed by atoms with Gasteiger partial charge in [-0.1, -0.05) is 18.0 Å². The number of carbonyl (C=O) groups excluding carboxylic acids is 1. The first-order chi connectivity index (χ1) is 9.11. The second-order valence-corrected chi connectivity index (χ2v) is 4.97. The molecule has 0 aliphatic heterocycles. The molecule has 1 aliphatic carbocycles. The fourth-order valence-electron chi connectivity index (χ4n) is 1.84. The highest BCUT2D eigenvalue weighted by molar-refractivity contribution is 6.32. The Kier molecular flexibility index (Phi) is 4.42. The maximum Gasteiger partial charge on any atom is 0.327 e. The summed E-state index contributed by atoms with van der Waals surface area (Å²) < 4.78 is 5.47. The van der Waals surface area contributed by atoms with Crippen molar-refractivity contribution >= 4 is 23.3 Å². The van der Waals surface area contributed by atoms with Gasteiger partial charge in [-0.15, -0.1) is 0 Å².